The largest absolute Gasteiger partial charge is 0.373 e. The predicted molar refractivity (Wildman–Crippen MR) is 98.9 cm³/mol. The molecule has 1 aromatic carbocycles. The van der Waals surface area contributed by atoms with Crippen LogP contribution in [0.5, 0.6) is 0 Å². The maximum absolute atomic E-state index is 13.4. The smallest absolute Gasteiger partial charge is 0.222 e. The first-order chi connectivity index (χ1) is 12.3. The first kappa shape index (κ1) is 18.0. The molecule has 2 bridgehead atoms. The summed E-state index contributed by atoms with van der Waals surface area (Å²) in [6, 6.07) is 6.94. The molecule has 1 saturated heterocycles. The normalized spacial score (nSPS) is 37.6. The number of rotatable bonds is 3. The minimum atomic E-state index is -0.213. The van der Waals surface area contributed by atoms with Crippen LogP contribution < -0.4 is 5.32 Å². The summed E-state index contributed by atoms with van der Waals surface area (Å²) in [4.78, 5) is 12.5. The van der Waals surface area contributed by atoms with Gasteiger partial charge < -0.3 is 10.1 Å². The van der Waals surface area contributed by atoms with Crippen molar-refractivity contribution in [2.75, 3.05) is 6.61 Å². The van der Waals surface area contributed by atoms with Crippen LogP contribution >= 0.6 is 0 Å². The molecular weight excluding hydrogens is 329 g/mol. The van der Waals surface area contributed by atoms with Crippen molar-refractivity contribution in [1.29, 1.82) is 0 Å². The predicted octanol–water partition coefficient (Wildman–Crippen LogP) is 4.48. The first-order valence-electron chi connectivity index (χ1n) is 9.93. The van der Waals surface area contributed by atoms with Crippen LogP contribution in [0, 0.1) is 34.4 Å². The SMILES string of the molecule is CC(C)C(=O)N[C@@H]1C(C)(C)[C@@H]2C[C@@H]3[C@@H](c4ccc(F)cc4)OCCC31C2. The molecule has 1 aromatic rings. The second-order valence-electron chi connectivity index (χ2n) is 9.49. The molecule has 0 aromatic heterocycles. The summed E-state index contributed by atoms with van der Waals surface area (Å²) in [7, 11) is 0. The average Bonchev–Trinajstić information content (AvgIpc) is 3.08. The van der Waals surface area contributed by atoms with E-state index < -0.39 is 0 Å². The zero-order chi connectivity index (χ0) is 18.7. The third kappa shape index (κ3) is 2.52. The number of nitrogens with one attached hydrogen (secondary N) is 1. The summed E-state index contributed by atoms with van der Waals surface area (Å²) in [6.07, 6.45) is 3.29. The molecule has 3 fully saturated rings. The van der Waals surface area contributed by atoms with Gasteiger partial charge in [-0.1, -0.05) is 39.8 Å². The Bertz CT molecular complexity index is 699. The van der Waals surface area contributed by atoms with Gasteiger partial charge in [0, 0.05) is 18.6 Å². The third-order valence-corrected chi connectivity index (χ3v) is 7.51. The zero-order valence-corrected chi connectivity index (χ0v) is 16.2. The molecule has 5 atom stereocenters. The summed E-state index contributed by atoms with van der Waals surface area (Å²) in [5.41, 5.74) is 1.26. The Morgan fingerprint density at radius 2 is 1.96 bits per heavy atom. The Morgan fingerprint density at radius 1 is 1.27 bits per heavy atom. The number of hydrogen-bond donors (Lipinski definition) is 1. The van der Waals surface area contributed by atoms with Crippen LogP contribution in [0.4, 0.5) is 4.39 Å². The number of carbonyl (C=O) groups excluding carboxylic acids is 1. The standard InChI is InChI=1S/C22H30FNO2/c1-13(2)19(25)24-20-21(3,4)15-11-17-18(14-5-7-16(23)8-6-14)26-10-9-22(17,20)12-15/h5-8,13,15,17-18,20H,9-12H2,1-4H3,(H,24,25)/t15-,17-,18-,20-,22?/m1/s1. The summed E-state index contributed by atoms with van der Waals surface area (Å²) in [5, 5.41) is 3.42. The molecule has 26 heavy (non-hydrogen) atoms. The minimum Gasteiger partial charge on any atom is -0.373 e. The third-order valence-electron chi connectivity index (χ3n) is 7.51. The monoisotopic (exact) mass is 359 g/mol. The molecule has 1 unspecified atom stereocenters. The first-order valence-corrected chi connectivity index (χ1v) is 9.93. The number of benzene rings is 1. The summed E-state index contributed by atoms with van der Waals surface area (Å²) in [5.74, 6) is 0.906. The van der Waals surface area contributed by atoms with Gasteiger partial charge in [0.2, 0.25) is 5.91 Å². The van der Waals surface area contributed by atoms with Gasteiger partial charge in [-0.3, -0.25) is 4.79 Å². The lowest BCUT2D eigenvalue weighted by atomic mass is 9.58. The van der Waals surface area contributed by atoms with Crippen LogP contribution in [0.1, 0.15) is 58.6 Å². The molecular formula is C22H30FNO2. The fourth-order valence-corrected chi connectivity index (χ4v) is 6.08. The van der Waals surface area contributed by atoms with E-state index in [-0.39, 0.29) is 40.6 Å². The Kier molecular flexibility index (Phi) is 4.18. The van der Waals surface area contributed by atoms with Crippen molar-refractivity contribution in [3.05, 3.63) is 35.6 Å². The van der Waals surface area contributed by atoms with Crippen LogP contribution in [0.25, 0.3) is 0 Å². The van der Waals surface area contributed by atoms with Crippen molar-refractivity contribution in [2.24, 2.45) is 28.6 Å². The van der Waals surface area contributed by atoms with Gasteiger partial charge in [-0.05, 0) is 59.6 Å². The fraction of sp³-hybridized carbons (Fsp3) is 0.682. The molecule has 1 aliphatic heterocycles. The molecule has 2 aliphatic carbocycles. The van der Waals surface area contributed by atoms with E-state index in [2.05, 4.69) is 19.2 Å². The maximum Gasteiger partial charge on any atom is 0.222 e. The van der Waals surface area contributed by atoms with Gasteiger partial charge in [-0.15, -0.1) is 0 Å². The van der Waals surface area contributed by atoms with Crippen LogP contribution in [0.3, 0.4) is 0 Å². The molecule has 1 spiro atoms. The molecule has 1 N–H and O–H groups in total. The molecule has 1 amide bonds. The van der Waals surface area contributed by atoms with Gasteiger partial charge >= 0.3 is 0 Å². The average molecular weight is 359 g/mol. The highest BCUT2D eigenvalue weighted by Gasteiger charge is 2.68. The lowest BCUT2D eigenvalue weighted by Crippen LogP contribution is -2.59. The molecule has 3 aliphatic rings. The van der Waals surface area contributed by atoms with Crippen molar-refractivity contribution in [1.82, 2.24) is 5.32 Å². The molecule has 0 radical (unpaired) electrons. The van der Waals surface area contributed by atoms with E-state index in [4.69, 9.17) is 4.74 Å². The van der Waals surface area contributed by atoms with E-state index in [1.54, 1.807) is 0 Å². The van der Waals surface area contributed by atoms with Crippen LogP contribution in [-0.4, -0.2) is 18.6 Å². The summed E-state index contributed by atoms with van der Waals surface area (Å²) >= 11 is 0. The van der Waals surface area contributed by atoms with E-state index >= 15 is 0 Å². The number of ether oxygens (including phenoxy) is 1. The second kappa shape index (κ2) is 6.05. The van der Waals surface area contributed by atoms with Gasteiger partial charge in [0.1, 0.15) is 5.82 Å². The van der Waals surface area contributed by atoms with Crippen LogP contribution in [-0.2, 0) is 9.53 Å². The van der Waals surface area contributed by atoms with Crippen LogP contribution in [0.15, 0.2) is 24.3 Å². The van der Waals surface area contributed by atoms with E-state index in [1.807, 2.05) is 26.0 Å². The molecule has 4 heteroatoms. The lowest BCUT2D eigenvalue weighted by Gasteiger charge is -2.53. The van der Waals surface area contributed by atoms with E-state index in [0.29, 0.717) is 18.4 Å². The number of halogens is 1. The lowest BCUT2D eigenvalue weighted by molar-refractivity contribution is -0.139. The van der Waals surface area contributed by atoms with Crippen molar-refractivity contribution < 1.29 is 13.9 Å². The van der Waals surface area contributed by atoms with E-state index in [9.17, 15) is 9.18 Å². The molecule has 142 valence electrons. The highest BCUT2D eigenvalue weighted by molar-refractivity contribution is 5.78. The molecule has 3 nitrogen and oxygen atoms in total. The van der Waals surface area contributed by atoms with Gasteiger partial charge in [-0.25, -0.2) is 4.39 Å². The molecule has 2 saturated carbocycles. The van der Waals surface area contributed by atoms with Gasteiger partial charge in [0.15, 0.2) is 0 Å². The minimum absolute atomic E-state index is 0.00361. The topological polar surface area (TPSA) is 38.3 Å². The highest BCUT2D eigenvalue weighted by Crippen LogP contribution is 2.70. The Balaban J connectivity index is 1.68. The Morgan fingerprint density at radius 3 is 2.62 bits per heavy atom. The van der Waals surface area contributed by atoms with Gasteiger partial charge in [-0.2, -0.15) is 0 Å². The van der Waals surface area contributed by atoms with E-state index in [0.717, 1.165) is 24.8 Å². The number of amides is 1. The zero-order valence-electron chi connectivity index (χ0n) is 16.2. The van der Waals surface area contributed by atoms with Gasteiger partial charge in [0.25, 0.3) is 0 Å². The second-order valence-corrected chi connectivity index (χ2v) is 9.49. The Hall–Kier alpha value is -1.42. The number of carbonyl (C=O) groups is 1. The Labute approximate surface area is 155 Å². The van der Waals surface area contributed by atoms with Gasteiger partial charge in [0.05, 0.1) is 6.10 Å². The van der Waals surface area contributed by atoms with Crippen molar-refractivity contribution >= 4 is 5.91 Å². The summed E-state index contributed by atoms with van der Waals surface area (Å²) in [6.45, 7) is 9.24. The molecule has 1 heterocycles. The van der Waals surface area contributed by atoms with E-state index in [1.165, 1.54) is 12.1 Å². The fourth-order valence-electron chi connectivity index (χ4n) is 6.08. The maximum atomic E-state index is 13.4. The number of fused-ring (bicyclic) bond motifs is 1. The molecule has 4 rings (SSSR count). The van der Waals surface area contributed by atoms with Crippen LogP contribution in [0.2, 0.25) is 0 Å². The summed E-state index contributed by atoms with van der Waals surface area (Å²) < 4.78 is 19.6. The number of hydrogen-bond acceptors (Lipinski definition) is 2. The highest BCUT2D eigenvalue weighted by atomic mass is 19.1. The van der Waals surface area contributed by atoms with Crippen molar-refractivity contribution in [3.63, 3.8) is 0 Å². The van der Waals surface area contributed by atoms with Crippen molar-refractivity contribution in [3.8, 4) is 0 Å². The van der Waals surface area contributed by atoms with Crippen molar-refractivity contribution in [2.45, 2.75) is 59.1 Å². The quantitative estimate of drug-likeness (QED) is 0.864.